The van der Waals surface area contributed by atoms with Gasteiger partial charge in [-0.1, -0.05) is 89.7 Å². The van der Waals surface area contributed by atoms with Crippen LogP contribution >= 0.6 is 0 Å². The van der Waals surface area contributed by atoms with Gasteiger partial charge in [-0.05, 0) is 37.6 Å². The summed E-state index contributed by atoms with van der Waals surface area (Å²) in [5, 5.41) is 7.00. The van der Waals surface area contributed by atoms with Gasteiger partial charge < -0.3 is 18.9 Å². The van der Waals surface area contributed by atoms with E-state index in [4.69, 9.17) is 14.7 Å². The van der Waals surface area contributed by atoms with Crippen LogP contribution in [0, 0.1) is 18.8 Å². The number of nitrogens with zero attached hydrogens (tertiary/aromatic N) is 5. The van der Waals surface area contributed by atoms with Crippen molar-refractivity contribution < 1.29 is 25.6 Å². The van der Waals surface area contributed by atoms with E-state index in [0.717, 1.165) is 66.5 Å². The van der Waals surface area contributed by atoms with Crippen LogP contribution in [0.15, 0.2) is 157 Å². The average Bonchev–Trinajstić information content (AvgIpc) is 3.89. The zero-order valence-corrected chi connectivity index (χ0v) is 29.3. The Morgan fingerprint density at radius 1 is 0.660 bits per heavy atom. The van der Waals surface area contributed by atoms with E-state index in [1.165, 1.54) is 0 Å². The van der Waals surface area contributed by atoms with Gasteiger partial charge in [-0.3, -0.25) is 0 Å². The molecule has 0 fully saturated rings. The summed E-state index contributed by atoms with van der Waals surface area (Å²) in [7, 11) is 2.02. The van der Waals surface area contributed by atoms with E-state index in [9.17, 15) is 0 Å². The first-order valence-electron chi connectivity index (χ1n) is 16.3. The molecule has 0 bridgehead atoms. The Morgan fingerprint density at radius 3 is 2.06 bits per heavy atom. The number of benzene rings is 5. The zero-order valence-electron chi connectivity index (χ0n) is 27.0. The van der Waals surface area contributed by atoms with E-state index in [1.807, 2.05) is 79.7 Å². The summed E-state index contributed by atoms with van der Waals surface area (Å²) >= 11 is 0. The maximum Gasteiger partial charge on any atom is 0.199 e. The van der Waals surface area contributed by atoms with E-state index >= 15 is 0 Å². The summed E-state index contributed by atoms with van der Waals surface area (Å²) in [6.07, 6.45) is 5.91. The molecule has 0 saturated heterocycles. The van der Waals surface area contributed by atoms with Crippen molar-refractivity contribution in [1.82, 2.24) is 19.6 Å². The molecule has 4 heterocycles. The van der Waals surface area contributed by atoms with Crippen molar-refractivity contribution >= 4 is 50.7 Å². The molecule has 0 aliphatic carbocycles. The van der Waals surface area contributed by atoms with Crippen molar-refractivity contribution in [3.05, 3.63) is 171 Å². The Labute approximate surface area is 305 Å². The van der Waals surface area contributed by atoms with Gasteiger partial charge in [0.25, 0.3) is 0 Å². The molecule has 3 aromatic heterocycles. The number of para-hydroxylation sites is 1. The van der Waals surface area contributed by atoms with Crippen molar-refractivity contribution in [3.8, 4) is 28.3 Å². The zero-order chi connectivity index (χ0) is 32.7. The predicted octanol–water partition coefficient (Wildman–Crippen LogP) is 6.96. The Morgan fingerprint density at radius 2 is 1.32 bits per heavy atom. The second-order valence-corrected chi connectivity index (χ2v) is 12.1. The van der Waals surface area contributed by atoms with E-state index in [1.54, 1.807) is 0 Å². The van der Waals surface area contributed by atoms with Crippen LogP contribution in [0.25, 0.3) is 50.2 Å². The Hall–Kier alpha value is -5.65. The van der Waals surface area contributed by atoms with Gasteiger partial charge in [0.05, 0.1) is 5.52 Å². The van der Waals surface area contributed by atoms with Gasteiger partial charge in [0, 0.05) is 54.6 Å². The molecule has 0 N–H and O–H groups in total. The summed E-state index contributed by atoms with van der Waals surface area (Å²) < 4.78 is 8.50. The molecule has 244 valence electrons. The number of anilines is 1. The molecule has 9 rings (SSSR count). The fraction of sp³-hybridized carbons (Fsp3) is 0.0238. The third-order valence-electron chi connectivity index (χ3n) is 9.05. The third kappa shape index (κ3) is 5.54. The van der Waals surface area contributed by atoms with E-state index in [0.29, 0.717) is 5.76 Å². The van der Waals surface area contributed by atoms with E-state index < -0.39 is 0 Å². The minimum Gasteiger partial charge on any atom is -0.510 e. The second kappa shape index (κ2) is 13.3. The van der Waals surface area contributed by atoms with E-state index in [2.05, 4.69) is 113 Å². The normalized spacial score (nSPS) is 12.5. The number of aromatic nitrogens is 3. The SMILES string of the molecule is CN1C=CN(c2[c-]c(B(c3[c-]c(-n4c5ccccc5c5cccnc54)ccc3)c3c(-c4ccccc4)noc3-c3ccccc3)ccc2)[CH-]1.[Pt]. The van der Waals surface area contributed by atoms with Gasteiger partial charge in [-0.15, -0.1) is 11.8 Å². The van der Waals surface area contributed by atoms with Crippen LogP contribution in [0.2, 0.25) is 0 Å². The third-order valence-corrected chi connectivity index (χ3v) is 9.05. The van der Waals surface area contributed by atoms with Crippen molar-refractivity contribution in [2.24, 2.45) is 0 Å². The summed E-state index contributed by atoms with van der Waals surface area (Å²) in [5.74, 6) is 0.716. The van der Waals surface area contributed by atoms with Gasteiger partial charge in [-0.25, -0.2) is 4.98 Å². The average molecular weight is 826 g/mol. The number of fused-ring (bicyclic) bond motifs is 3. The Kier molecular flexibility index (Phi) is 8.43. The molecule has 0 amide bonds. The fourth-order valence-corrected chi connectivity index (χ4v) is 6.84. The first kappa shape index (κ1) is 31.6. The molecule has 0 unspecified atom stereocenters. The van der Waals surface area contributed by atoms with Gasteiger partial charge in [0.15, 0.2) is 12.5 Å². The maximum absolute atomic E-state index is 6.29. The van der Waals surface area contributed by atoms with Gasteiger partial charge in [-0.2, -0.15) is 60.1 Å². The topological polar surface area (TPSA) is 50.3 Å². The first-order valence-corrected chi connectivity index (χ1v) is 16.3. The number of hydrogen-bond acceptors (Lipinski definition) is 5. The molecule has 0 saturated carbocycles. The number of hydrogen-bond donors (Lipinski definition) is 0. The Bertz CT molecular complexity index is 2370. The summed E-state index contributed by atoms with van der Waals surface area (Å²) in [6.45, 7) is 1.71. The van der Waals surface area contributed by atoms with Crippen LogP contribution in [0.3, 0.4) is 0 Å². The molecule has 0 radical (unpaired) electrons. The van der Waals surface area contributed by atoms with Crippen LogP contribution in [0.4, 0.5) is 5.69 Å². The number of pyridine rings is 1. The molecule has 8 heteroatoms. The van der Waals surface area contributed by atoms with Crippen molar-refractivity contribution in [2.75, 3.05) is 11.9 Å². The molecule has 0 atom stereocenters. The van der Waals surface area contributed by atoms with Gasteiger partial charge in [0.2, 0.25) is 0 Å². The van der Waals surface area contributed by atoms with Crippen LogP contribution in [0.5, 0.6) is 0 Å². The standard InChI is InChI=1S/C42H29BN5O.Pt/c1-46-25-26-47(29-46)34-19-10-17-32(27-34)43(39-40(30-13-4-2-5-14-30)45-49-41(39)31-15-6-3-7-16-31)33-18-11-20-35(28-33)48-38-23-9-8-21-36(38)37-22-12-24-44-42(37)48;/h2-26,29H,1H3;/q-3;. The summed E-state index contributed by atoms with van der Waals surface area (Å²) in [6, 6.07) is 53.3. The monoisotopic (exact) mass is 825 g/mol. The smallest absolute Gasteiger partial charge is 0.199 e. The summed E-state index contributed by atoms with van der Waals surface area (Å²) in [4.78, 5) is 8.94. The predicted molar refractivity (Wildman–Crippen MR) is 198 cm³/mol. The van der Waals surface area contributed by atoms with Crippen molar-refractivity contribution in [3.63, 3.8) is 0 Å². The van der Waals surface area contributed by atoms with Crippen molar-refractivity contribution in [2.45, 2.75) is 0 Å². The quantitative estimate of drug-likeness (QED) is 0.129. The van der Waals surface area contributed by atoms with E-state index in [-0.39, 0.29) is 27.8 Å². The largest absolute Gasteiger partial charge is 0.510 e. The molecule has 50 heavy (non-hydrogen) atoms. The van der Waals surface area contributed by atoms with Gasteiger partial charge in [0.1, 0.15) is 11.3 Å². The molecule has 1 aliphatic heterocycles. The molecular weight excluding hydrogens is 796 g/mol. The van der Waals surface area contributed by atoms with Crippen LogP contribution in [-0.4, -0.2) is 33.4 Å². The molecule has 1 aliphatic rings. The van der Waals surface area contributed by atoms with Crippen LogP contribution in [0.1, 0.15) is 0 Å². The fourth-order valence-electron chi connectivity index (χ4n) is 6.84. The molecule has 8 aromatic rings. The molecule has 6 nitrogen and oxygen atoms in total. The van der Waals surface area contributed by atoms with Crippen LogP contribution < -0.4 is 21.3 Å². The van der Waals surface area contributed by atoms with Gasteiger partial charge >= 0.3 is 0 Å². The second-order valence-electron chi connectivity index (χ2n) is 12.1. The Balaban J connectivity index is 0.00000361. The maximum atomic E-state index is 6.29. The first-order chi connectivity index (χ1) is 24.2. The van der Waals surface area contributed by atoms with Crippen molar-refractivity contribution in [1.29, 1.82) is 0 Å². The molecule has 0 spiro atoms. The molecule has 5 aromatic carbocycles. The molecular formula is C42H29BN5OPt-3. The minimum atomic E-state index is -0.332. The minimum absolute atomic E-state index is 0. The van der Waals surface area contributed by atoms with Crippen LogP contribution in [-0.2, 0) is 21.1 Å². The number of rotatable bonds is 7. The summed E-state index contributed by atoms with van der Waals surface area (Å²) in [5.41, 5.74) is 9.41.